The maximum Gasteiger partial charge on any atom is 0.0964 e. The predicted octanol–water partition coefficient (Wildman–Crippen LogP) is 2.86. The zero-order valence-electron chi connectivity index (χ0n) is 8.76. The van der Waals surface area contributed by atoms with Gasteiger partial charge in [0.15, 0.2) is 0 Å². The third-order valence-electron chi connectivity index (χ3n) is 3.92. The van der Waals surface area contributed by atoms with Gasteiger partial charge in [0.05, 0.1) is 5.60 Å². The minimum absolute atomic E-state index is 0.324. The molecule has 2 bridgehead atoms. The van der Waals surface area contributed by atoms with E-state index in [0.29, 0.717) is 11.8 Å². The number of fused-ring (bicyclic) bond motifs is 2. The average molecular weight is 200 g/mol. The maximum absolute atomic E-state index is 10.8. The number of benzene rings is 1. The van der Waals surface area contributed by atoms with E-state index in [9.17, 15) is 5.11 Å². The van der Waals surface area contributed by atoms with Crippen LogP contribution in [0.3, 0.4) is 0 Å². The van der Waals surface area contributed by atoms with Crippen molar-refractivity contribution in [3.05, 3.63) is 48.0 Å². The van der Waals surface area contributed by atoms with Crippen molar-refractivity contribution < 1.29 is 5.11 Å². The lowest BCUT2D eigenvalue weighted by molar-refractivity contribution is -0.0551. The Labute approximate surface area is 90.4 Å². The molecule has 0 aliphatic heterocycles. The number of hydrogen-bond acceptors (Lipinski definition) is 1. The molecule has 1 heteroatoms. The lowest BCUT2D eigenvalue weighted by Crippen LogP contribution is -2.42. The molecule has 0 saturated heterocycles. The number of aliphatic hydroxyl groups is 1. The van der Waals surface area contributed by atoms with Crippen molar-refractivity contribution in [3.63, 3.8) is 0 Å². The molecule has 0 aromatic heterocycles. The fraction of sp³-hybridized carbons (Fsp3) is 0.429. The van der Waals surface area contributed by atoms with Crippen molar-refractivity contribution in [2.24, 2.45) is 11.8 Å². The van der Waals surface area contributed by atoms with Gasteiger partial charge in [-0.1, -0.05) is 42.5 Å². The standard InChI is InChI=1S/C14H16O/c15-14(12-4-2-1-3-5-12)10-11-6-8-13(14)9-7-11/h1-6,8,11,13,15H,7,9-10H2/t11-,13+,14+/m0/s1. The van der Waals surface area contributed by atoms with Crippen LogP contribution in [0.15, 0.2) is 42.5 Å². The van der Waals surface area contributed by atoms with E-state index in [1.165, 1.54) is 6.42 Å². The normalized spacial score (nSPS) is 38.2. The van der Waals surface area contributed by atoms with Gasteiger partial charge in [-0.05, 0) is 30.7 Å². The highest BCUT2D eigenvalue weighted by Gasteiger charge is 2.44. The van der Waals surface area contributed by atoms with Gasteiger partial charge in [-0.25, -0.2) is 0 Å². The lowest BCUT2D eigenvalue weighted by atomic mass is 9.64. The van der Waals surface area contributed by atoms with Gasteiger partial charge in [0.25, 0.3) is 0 Å². The summed E-state index contributed by atoms with van der Waals surface area (Å²) in [5, 5.41) is 10.8. The second-order valence-electron chi connectivity index (χ2n) is 4.82. The topological polar surface area (TPSA) is 20.2 Å². The third-order valence-corrected chi connectivity index (χ3v) is 3.92. The lowest BCUT2D eigenvalue weighted by Gasteiger charge is -2.45. The first-order chi connectivity index (χ1) is 7.29. The summed E-state index contributed by atoms with van der Waals surface area (Å²) in [4.78, 5) is 0. The molecule has 0 radical (unpaired) electrons. The number of rotatable bonds is 1. The van der Waals surface area contributed by atoms with Gasteiger partial charge >= 0.3 is 0 Å². The van der Waals surface area contributed by atoms with Crippen LogP contribution < -0.4 is 0 Å². The molecule has 3 atom stereocenters. The van der Waals surface area contributed by atoms with E-state index >= 15 is 0 Å². The summed E-state index contributed by atoms with van der Waals surface area (Å²) in [7, 11) is 0. The zero-order chi connectivity index (χ0) is 10.3. The molecule has 1 fully saturated rings. The number of allylic oxidation sites excluding steroid dienone is 1. The van der Waals surface area contributed by atoms with Crippen LogP contribution in [0.4, 0.5) is 0 Å². The van der Waals surface area contributed by atoms with Crippen LogP contribution in [0, 0.1) is 11.8 Å². The van der Waals surface area contributed by atoms with Crippen molar-refractivity contribution in [2.45, 2.75) is 24.9 Å². The van der Waals surface area contributed by atoms with Crippen molar-refractivity contribution in [1.82, 2.24) is 0 Å². The first-order valence-electron chi connectivity index (χ1n) is 5.75. The second kappa shape index (κ2) is 3.21. The first-order valence-corrected chi connectivity index (χ1v) is 5.75. The summed E-state index contributed by atoms with van der Waals surface area (Å²) in [6, 6.07) is 10.1. The molecule has 1 N–H and O–H groups in total. The Balaban J connectivity index is 2.02. The molecule has 1 nitrogen and oxygen atoms in total. The Morgan fingerprint density at radius 1 is 1.07 bits per heavy atom. The summed E-state index contributed by atoms with van der Waals surface area (Å²) >= 11 is 0. The van der Waals surface area contributed by atoms with Crippen LogP contribution in [0.25, 0.3) is 0 Å². The van der Waals surface area contributed by atoms with Crippen molar-refractivity contribution in [2.75, 3.05) is 0 Å². The molecule has 0 heterocycles. The summed E-state index contributed by atoms with van der Waals surface area (Å²) in [6.07, 6.45) is 7.78. The molecule has 0 unspecified atom stereocenters. The van der Waals surface area contributed by atoms with Gasteiger partial charge in [-0.3, -0.25) is 0 Å². The minimum atomic E-state index is -0.598. The molecular formula is C14H16O. The van der Waals surface area contributed by atoms with Crippen LogP contribution >= 0.6 is 0 Å². The van der Waals surface area contributed by atoms with Crippen molar-refractivity contribution >= 4 is 0 Å². The summed E-state index contributed by atoms with van der Waals surface area (Å²) in [5.74, 6) is 0.908. The van der Waals surface area contributed by atoms with E-state index in [-0.39, 0.29) is 0 Å². The first kappa shape index (κ1) is 9.17. The summed E-state index contributed by atoms with van der Waals surface area (Å²) in [5.41, 5.74) is 0.489. The predicted molar refractivity (Wildman–Crippen MR) is 60.3 cm³/mol. The van der Waals surface area contributed by atoms with Crippen molar-refractivity contribution in [1.29, 1.82) is 0 Å². The smallest absolute Gasteiger partial charge is 0.0964 e. The molecule has 0 spiro atoms. The molecule has 3 aliphatic carbocycles. The van der Waals surface area contributed by atoms with Crippen molar-refractivity contribution in [3.8, 4) is 0 Å². The molecule has 1 saturated carbocycles. The van der Waals surface area contributed by atoms with Crippen LogP contribution in [0.5, 0.6) is 0 Å². The number of hydrogen-bond donors (Lipinski definition) is 1. The van der Waals surface area contributed by atoms with E-state index in [4.69, 9.17) is 0 Å². The van der Waals surface area contributed by atoms with E-state index < -0.39 is 5.60 Å². The highest BCUT2D eigenvalue weighted by atomic mass is 16.3. The quantitative estimate of drug-likeness (QED) is 0.691. The molecular weight excluding hydrogens is 184 g/mol. The highest BCUT2D eigenvalue weighted by Crippen LogP contribution is 2.48. The molecule has 0 amide bonds. The van der Waals surface area contributed by atoms with Gasteiger partial charge < -0.3 is 5.11 Å². The third kappa shape index (κ3) is 1.34. The Hall–Kier alpha value is -1.08. The largest absolute Gasteiger partial charge is 0.385 e. The molecule has 3 aliphatic rings. The molecule has 1 aromatic carbocycles. The van der Waals surface area contributed by atoms with Gasteiger partial charge in [0.1, 0.15) is 0 Å². The monoisotopic (exact) mass is 200 g/mol. The Morgan fingerprint density at radius 3 is 2.40 bits per heavy atom. The van der Waals surface area contributed by atoms with Gasteiger partial charge in [-0.15, -0.1) is 0 Å². The van der Waals surface area contributed by atoms with Crippen LogP contribution in [-0.2, 0) is 5.60 Å². The van der Waals surface area contributed by atoms with Crippen LogP contribution in [0.2, 0.25) is 0 Å². The Morgan fingerprint density at radius 2 is 1.87 bits per heavy atom. The van der Waals surface area contributed by atoms with E-state index in [1.807, 2.05) is 18.2 Å². The average Bonchev–Trinajstić information content (AvgIpc) is 2.31. The Kier molecular flexibility index (Phi) is 1.96. The molecule has 1 aromatic rings. The molecule has 78 valence electrons. The fourth-order valence-electron chi connectivity index (χ4n) is 3.06. The van der Waals surface area contributed by atoms with Crippen LogP contribution in [0.1, 0.15) is 24.8 Å². The summed E-state index contributed by atoms with van der Waals surface area (Å²) < 4.78 is 0. The summed E-state index contributed by atoms with van der Waals surface area (Å²) in [6.45, 7) is 0. The van der Waals surface area contributed by atoms with Gasteiger partial charge in [0, 0.05) is 5.92 Å². The Bertz CT molecular complexity index is 382. The van der Waals surface area contributed by atoms with E-state index in [0.717, 1.165) is 18.4 Å². The minimum Gasteiger partial charge on any atom is -0.385 e. The van der Waals surface area contributed by atoms with Gasteiger partial charge in [-0.2, -0.15) is 0 Å². The zero-order valence-corrected chi connectivity index (χ0v) is 8.76. The second-order valence-corrected chi connectivity index (χ2v) is 4.82. The SMILES string of the molecule is O[C@@]1(c2ccccc2)C[C@H]2C=C[C@@H]1CC2. The molecule has 15 heavy (non-hydrogen) atoms. The van der Waals surface area contributed by atoms with E-state index in [2.05, 4.69) is 24.3 Å². The molecule has 4 rings (SSSR count). The maximum atomic E-state index is 10.8. The van der Waals surface area contributed by atoms with Gasteiger partial charge in [0.2, 0.25) is 0 Å². The highest BCUT2D eigenvalue weighted by molar-refractivity contribution is 5.28. The van der Waals surface area contributed by atoms with E-state index in [1.54, 1.807) is 0 Å². The fourth-order valence-corrected chi connectivity index (χ4v) is 3.06. The van der Waals surface area contributed by atoms with Crippen LogP contribution in [-0.4, -0.2) is 5.11 Å².